The van der Waals surface area contributed by atoms with Gasteiger partial charge in [0.15, 0.2) is 0 Å². The largest absolute Gasteiger partial charge is 0.481 e. The predicted molar refractivity (Wildman–Crippen MR) is 164 cm³/mol. The van der Waals surface area contributed by atoms with E-state index in [4.69, 9.17) is 9.84 Å². The third kappa shape index (κ3) is 16.2. The van der Waals surface area contributed by atoms with Gasteiger partial charge in [0.1, 0.15) is 12.6 Å². The molecule has 0 radical (unpaired) electrons. The number of carbonyl (C=O) groups excluding carboxylic acids is 6. The van der Waals surface area contributed by atoms with E-state index in [2.05, 4.69) is 31.9 Å². The molecule has 2 unspecified atom stereocenters. The van der Waals surface area contributed by atoms with Gasteiger partial charge in [-0.1, -0.05) is 53.7 Å². The fraction of sp³-hybridized carbons (Fsp3) is 0.567. The summed E-state index contributed by atoms with van der Waals surface area (Å²) < 4.78 is 5.17. The number of rotatable bonds is 19. The first-order valence-electron chi connectivity index (χ1n) is 14.7. The summed E-state index contributed by atoms with van der Waals surface area (Å²) in [6.45, 7) is 9.31. The highest BCUT2D eigenvalue weighted by Crippen LogP contribution is 2.11. The molecular formula is C30H46N6O9. The van der Waals surface area contributed by atoms with E-state index >= 15 is 0 Å². The lowest BCUT2D eigenvalue weighted by molar-refractivity contribution is -0.148. The average Bonchev–Trinajstić information content (AvgIpc) is 2.97. The molecule has 45 heavy (non-hydrogen) atoms. The van der Waals surface area contributed by atoms with E-state index in [1.165, 1.54) is 0 Å². The molecule has 1 rings (SSSR count). The number of aliphatic carboxylic acids is 1. The molecule has 0 heterocycles. The standard InChI is InChI=1S/C30H46N6O9/c1-17(2)27(29(43)33-15-24(38)35-21-9-7-20(8-10-21)16-45-30(44)18(3)4)36-25(39)14-31-23(37)13-32-28(42)22(34-19(5)6)11-12-26(40)41/h7-10,17-19,22,27,34H,11-16H2,1-6H3,(H,31,37)(H,32,42)(H,33,43)(H,35,38)(H,36,39)(H,40,41). The molecule has 0 aliphatic rings. The molecule has 0 aliphatic carbocycles. The number of esters is 1. The molecule has 0 aliphatic heterocycles. The van der Waals surface area contributed by atoms with Gasteiger partial charge in [-0.05, 0) is 30.0 Å². The molecule has 15 nitrogen and oxygen atoms in total. The van der Waals surface area contributed by atoms with Crippen molar-refractivity contribution in [1.29, 1.82) is 0 Å². The number of hydrogen-bond donors (Lipinski definition) is 7. The van der Waals surface area contributed by atoms with E-state index < -0.39 is 60.7 Å². The van der Waals surface area contributed by atoms with Crippen LogP contribution in [-0.2, 0) is 44.9 Å². The van der Waals surface area contributed by atoms with Crippen LogP contribution in [0.3, 0.4) is 0 Å². The quantitative estimate of drug-likeness (QED) is 0.101. The minimum absolute atomic E-state index is 0.0371. The minimum atomic E-state index is -1.05. The molecule has 7 N–H and O–H groups in total. The Bertz CT molecular complexity index is 1180. The van der Waals surface area contributed by atoms with Crippen molar-refractivity contribution in [3.63, 3.8) is 0 Å². The number of carboxylic acid groups (broad SMARTS) is 1. The molecule has 1 aromatic rings. The zero-order chi connectivity index (χ0) is 34.1. The van der Waals surface area contributed by atoms with E-state index in [-0.39, 0.29) is 49.8 Å². The molecule has 0 aromatic heterocycles. The number of ether oxygens (including phenoxy) is 1. The molecule has 0 bridgehead atoms. The Hall–Kier alpha value is -4.53. The van der Waals surface area contributed by atoms with Crippen molar-refractivity contribution in [1.82, 2.24) is 26.6 Å². The maximum absolute atomic E-state index is 12.7. The Kier molecular flexibility index (Phi) is 16.8. The molecule has 5 amide bonds. The number of hydrogen-bond acceptors (Lipinski definition) is 9. The van der Waals surface area contributed by atoms with Crippen molar-refractivity contribution >= 4 is 47.2 Å². The Labute approximate surface area is 263 Å². The average molecular weight is 635 g/mol. The van der Waals surface area contributed by atoms with Gasteiger partial charge in [-0.25, -0.2) is 0 Å². The maximum atomic E-state index is 12.7. The lowest BCUT2D eigenvalue weighted by Gasteiger charge is -2.22. The number of amides is 5. The first-order valence-corrected chi connectivity index (χ1v) is 14.7. The summed E-state index contributed by atoms with van der Waals surface area (Å²) in [5.41, 5.74) is 1.22. The molecule has 250 valence electrons. The second-order valence-corrected chi connectivity index (χ2v) is 11.3. The van der Waals surface area contributed by atoms with Gasteiger partial charge in [0.25, 0.3) is 0 Å². The summed E-state index contributed by atoms with van der Waals surface area (Å²) in [4.78, 5) is 84.6. The van der Waals surface area contributed by atoms with Gasteiger partial charge in [-0.2, -0.15) is 0 Å². The Morgan fingerprint density at radius 1 is 0.756 bits per heavy atom. The second kappa shape index (κ2) is 19.7. The van der Waals surface area contributed by atoms with Crippen molar-refractivity contribution in [3.8, 4) is 0 Å². The Morgan fingerprint density at radius 3 is 1.89 bits per heavy atom. The summed E-state index contributed by atoms with van der Waals surface area (Å²) >= 11 is 0. The van der Waals surface area contributed by atoms with Crippen LogP contribution in [0.5, 0.6) is 0 Å². The first kappa shape index (κ1) is 38.5. The topological polar surface area (TPSA) is 221 Å². The van der Waals surface area contributed by atoms with Crippen LogP contribution in [-0.4, -0.2) is 84.3 Å². The Morgan fingerprint density at radius 2 is 1.33 bits per heavy atom. The van der Waals surface area contributed by atoms with E-state index in [1.54, 1.807) is 65.8 Å². The van der Waals surface area contributed by atoms with Crippen molar-refractivity contribution in [2.24, 2.45) is 11.8 Å². The fourth-order valence-electron chi connectivity index (χ4n) is 3.74. The summed E-state index contributed by atoms with van der Waals surface area (Å²) in [6, 6.07) is 4.76. The monoisotopic (exact) mass is 634 g/mol. The lowest BCUT2D eigenvalue weighted by atomic mass is 10.0. The Balaban J connectivity index is 2.50. The molecule has 0 saturated heterocycles. The van der Waals surface area contributed by atoms with Crippen LogP contribution in [0.15, 0.2) is 24.3 Å². The van der Waals surface area contributed by atoms with Crippen LogP contribution >= 0.6 is 0 Å². The molecule has 1 aromatic carbocycles. The van der Waals surface area contributed by atoms with Gasteiger partial charge in [0.2, 0.25) is 29.5 Å². The van der Waals surface area contributed by atoms with Gasteiger partial charge >= 0.3 is 11.9 Å². The third-order valence-electron chi connectivity index (χ3n) is 6.15. The summed E-state index contributed by atoms with van der Waals surface area (Å²) in [5.74, 6) is -4.92. The van der Waals surface area contributed by atoms with Gasteiger partial charge in [0, 0.05) is 18.2 Å². The third-order valence-corrected chi connectivity index (χ3v) is 6.15. The molecule has 0 saturated carbocycles. The van der Waals surface area contributed by atoms with Gasteiger partial charge < -0.3 is 41.7 Å². The minimum Gasteiger partial charge on any atom is -0.481 e. The van der Waals surface area contributed by atoms with E-state index in [9.17, 15) is 33.6 Å². The van der Waals surface area contributed by atoms with Crippen molar-refractivity contribution in [3.05, 3.63) is 29.8 Å². The summed E-state index contributed by atoms with van der Waals surface area (Å²) in [6.07, 6.45) is -0.192. The van der Waals surface area contributed by atoms with Crippen molar-refractivity contribution < 1.29 is 43.4 Å². The van der Waals surface area contributed by atoms with E-state index in [0.717, 1.165) is 5.56 Å². The predicted octanol–water partition coefficient (Wildman–Crippen LogP) is 0.0451. The van der Waals surface area contributed by atoms with Crippen molar-refractivity contribution in [2.75, 3.05) is 25.0 Å². The molecule has 0 spiro atoms. The second-order valence-electron chi connectivity index (χ2n) is 11.3. The highest BCUT2D eigenvalue weighted by molar-refractivity contribution is 5.96. The van der Waals surface area contributed by atoms with Crippen LogP contribution in [0.4, 0.5) is 5.69 Å². The number of carboxylic acids is 1. The number of carbonyl (C=O) groups is 7. The SMILES string of the molecule is CC(C)NC(CCC(=O)O)C(=O)NCC(=O)NCC(=O)NC(C(=O)NCC(=O)Nc1ccc(COC(=O)C(C)C)cc1)C(C)C. The molecule has 2 atom stereocenters. The van der Waals surface area contributed by atoms with Crippen LogP contribution < -0.4 is 31.9 Å². The smallest absolute Gasteiger partial charge is 0.308 e. The van der Waals surface area contributed by atoms with Gasteiger partial charge in [0.05, 0.1) is 31.6 Å². The highest BCUT2D eigenvalue weighted by atomic mass is 16.5. The van der Waals surface area contributed by atoms with Crippen molar-refractivity contribution in [2.45, 2.75) is 79.1 Å². The van der Waals surface area contributed by atoms with Crippen LogP contribution in [0, 0.1) is 11.8 Å². The fourth-order valence-corrected chi connectivity index (χ4v) is 3.74. The zero-order valence-corrected chi connectivity index (χ0v) is 26.7. The highest BCUT2D eigenvalue weighted by Gasteiger charge is 2.25. The number of nitrogens with one attached hydrogen (secondary N) is 6. The molecule has 0 fully saturated rings. The van der Waals surface area contributed by atoms with E-state index in [1.807, 2.05) is 0 Å². The summed E-state index contributed by atoms with van der Waals surface area (Å²) in [7, 11) is 0. The number of benzene rings is 1. The zero-order valence-electron chi connectivity index (χ0n) is 26.7. The van der Waals surface area contributed by atoms with Crippen LogP contribution in [0.2, 0.25) is 0 Å². The first-order chi connectivity index (χ1) is 21.1. The normalized spacial score (nSPS) is 12.2. The van der Waals surface area contributed by atoms with Crippen LogP contribution in [0.25, 0.3) is 0 Å². The van der Waals surface area contributed by atoms with Gasteiger partial charge in [-0.3, -0.25) is 33.6 Å². The maximum Gasteiger partial charge on any atom is 0.308 e. The number of anilines is 1. The lowest BCUT2D eigenvalue weighted by Crippen LogP contribution is -2.53. The molecule has 15 heteroatoms. The van der Waals surface area contributed by atoms with Gasteiger partial charge in [-0.15, -0.1) is 0 Å². The van der Waals surface area contributed by atoms with Crippen LogP contribution in [0.1, 0.15) is 59.9 Å². The van der Waals surface area contributed by atoms with E-state index in [0.29, 0.717) is 5.69 Å². The summed E-state index contributed by atoms with van der Waals surface area (Å²) in [5, 5.41) is 24.2. The molecular weight excluding hydrogens is 588 g/mol.